The predicted octanol–water partition coefficient (Wildman–Crippen LogP) is 3.74. The Bertz CT molecular complexity index is 1000. The van der Waals surface area contributed by atoms with Gasteiger partial charge >= 0.3 is 0 Å². The second-order valence-corrected chi connectivity index (χ2v) is 7.93. The van der Waals surface area contributed by atoms with Crippen LogP contribution in [0.5, 0.6) is 0 Å². The number of anilines is 1. The minimum absolute atomic E-state index is 0.000588. The molecule has 0 saturated heterocycles. The first-order valence-electron chi connectivity index (χ1n) is 7.26. The van der Waals surface area contributed by atoms with Gasteiger partial charge in [-0.25, -0.2) is 17.8 Å². The van der Waals surface area contributed by atoms with E-state index in [2.05, 4.69) is 14.8 Å². The standard InChI is InChI=1S/C16H14Cl2N4O2S/c1-11-2-5-13(6-3-11)25(23,24)21-16-19-10-22(20-16)9-12-4-7-14(17)15(18)8-12/h2-8,10H,9H2,1H3,(H,20,21). The zero-order valence-electron chi connectivity index (χ0n) is 13.1. The number of hydrogen-bond donors (Lipinski definition) is 1. The van der Waals surface area contributed by atoms with E-state index in [0.29, 0.717) is 16.6 Å². The van der Waals surface area contributed by atoms with Crippen molar-refractivity contribution in [1.29, 1.82) is 0 Å². The first kappa shape index (κ1) is 17.7. The van der Waals surface area contributed by atoms with Gasteiger partial charge in [0.2, 0.25) is 0 Å². The summed E-state index contributed by atoms with van der Waals surface area (Å²) in [7, 11) is -3.73. The summed E-state index contributed by atoms with van der Waals surface area (Å²) in [5.41, 5.74) is 1.84. The number of halogens is 2. The summed E-state index contributed by atoms with van der Waals surface area (Å²) in [5.74, 6) is 0.000588. The molecule has 0 amide bonds. The van der Waals surface area contributed by atoms with E-state index < -0.39 is 10.0 Å². The molecule has 0 atom stereocenters. The Kier molecular flexibility index (Phi) is 4.99. The number of rotatable bonds is 5. The molecule has 0 aliphatic heterocycles. The summed E-state index contributed by atoms with van der Waals surface area (Å²) in [4.78, 5) is 4.13. The summed E-state index contributed by atoms with van der Waals surface area (Å²) in [6.45, 7) is 2.27. The third-order valence-corrected chi connectivity index (χ3v) is 5.51. The highest BCUT2D eigenvalue weighted by Crippen LogP contribution is 2.23. The third kappa shape index (κ3) is 4.31. The van der Waals surface area contributed by atoms with E-state index in [0.717, 1.165) is 11.1 Å². The first-order chi connectivity index (χ1) is 11.8. The van der Waals surface area contributed by atoms with Gasteiger partial charge in [0, 0.05) is 0 Å². The lowest BCUT2D eigenvalue weighted by atomic mass is 10.2. The van der Waals surface area contributed by atoms with E-state index >= 15 is 0 Å². The van der Waals surface area contributed by atoms with Crippen molar-refractivity contribution >= 4 is 39.2 Å². The monoisotopic (exact) mass is 396 g/mol. The fraction of sp³-hybridized carbons (Fsp3) is 0.125. The Morgan fingerprint density at radius 1 is 1.08 bits per heavy atom. The number of sulfonamides is 1. The van der Waals surface area contributed by atoms with Gasteiger partial charge in [-0.3, -0.25) is 0 Å². The van der Waals surface area contributed by atoms with Crippen molar-refractivity contribution in [2.24, 2.45) is 0 Å². The van der Waals surface area contributed by atoms with E-state index in [-0.39, 0.29) is 10.8 Å². The quantitative estimate of drug-likeness (QED) is 0.712. The van der Waals surface area contributed by atoms with Crippen molar-refractivity contribution in [3.8, 4) is 0 Å². The molecular formula is C16H14Cl2N4O2S. The molecule has 130 valence electrons. The van der Waals surface area contributed by atoms with Crippen molar-refractivity contribution in [1.82, 2.24) is 14.8 Å². The van der Waals surface area contributed by atoms with Crippen molar-refractivity contribution in [3.63, 3.8) is 0 Å². The fourth-order valence-electron chi connectivity index (χ4n) is 2.14. The van der Waals surface area contributed by atoms with Crippen LogP contribution in [0.3, 0.4) is 0 Å². The van der Waals surface area contributed by atoms with Gasteiger partial charge in [-0.2, -0.15) is 4.98 Å². The zero-order chi connectivity index (χ0) is 18.0. The largest absolute Gasteiger partial charge is 0.264 e. The summed E-state index contributed by atoms with van der Waals surface area (Å²) in [6.07, 6.45) is 1.44. The molecule has 3 rings (SSSR count). The Balaban J connectivity index is 1.74. The van der Waals surface area contributed by atoms with E-state index in [1.807, 2.05) is 13.0 Å². The predicted molar refractivity (Wildman–Crippen MR) is 97.6 cm³/mol. The lowest BCUT2D eigenvalue weighted by Crippen LogP contribution is -2.14. The zero-order valence-corrected chi connectivity index (χ0v) is 15.5. The SMILES string of the molecule is Cc1ccc(S(=O)(=O)Nc2ncn(Cc3ccc(Cl)c(Cl)c3)n2)cc1. The van der Waals surface area contributed by atoms with Gasteiger partial charge in [0.25, 0.3) is 16.0 Å². The van der Waals surface area contributed by atoms with Crippen LogP contribution in [0.2, 0.25) is 10.0 Å². The van der Waals surface area contributed by atoms with Crippen LogP contribution in [0.15, 0.2) is 53.7 Å². The van der Waals surface area contributed by atoms with Gasteiger partial charge in [-0.15, -0.1) is 5.10 Å². The lowest BCUT2D eigenvalue weighted by molar-refractivity contribution is 0.600. The van der Waals surface area contributed by atoms with Gasteiger partial charge < -0.3 is 0 Å². The van der Waals surface area contributed by atoms with Crippen molar-refractivity contribution in [3.05, 3.63) is 70.0 Å². The minimum atomic E-state index is -3.73. The second-order valence-electron chi connectivity index (χ2n) is 5.43. The van der Waals surface area contributed by atoms with Gasteiger partial charge in [0.1, 0.15) is 6.33 Å². The highest BCUT2D eigenvalue weighted by Gasteiger charge is 2.16. The Hall–Kier alpha value is -2.09. The normalized spacial score (nSPS) is 11.5. The van der Waals surface area contributed by atoms with E-state index in [1.165, 1.54) is 23.1 Å². The topological polar surface area (TPSA) is 76.9 Å². The fourth-order valence-corrected chi connectivity index (χ4v) is 3.41. The van der Waals surface area contributed by atoms with Gasteiger partial charge in [-0.1, -0.05) is 47.0 Å². The molecule has 25 heavy (non-hydrogen) atoms. The number of hydrogen-bond acceptors (Lipinski definition) is 4. The number of nitrogens with one attached hydrogen (secondary N) is 1. The molecule has 0 unspecified atom stereocenters. The van der Waals surface area contributed by atoms with Gasteiger partial charge in [0.15, 0.2) is 0 Å². The van der Waals surface area contributed by atoms with E-state index in [9.17, 15) is 8.42 Å². The van der Waals surface area contributed by atoms with E-state index in [1.54, 1.807) is 24.3 Å². The van der Waals surface area contributed by atoms with Crippen LogP contribution < -0.4 is 4.72 Å². The lowest BCUT2D eigenvalue weighted by Gasteiger charge is -2.05. The van der Waals surface area contributed by atoms with Crippen molar-refractivity contribution in [2.75, 3.05) is 4.72 Å². The number of benzene rings is 2. The summed E-state index contributed by atoms with van der Waals surface area (Å²) in [5, 5.41) is 5.04. The molecule has 6 nitrogen and oxygen atoms in total. The number of aromatic nitrogens is 3. The molecule has 3 aromatic rings. The molecule has 0 radical (unpaired) electrons. The van der Waals surface area contributed by atoms with Crippen LogP contribution in [-0.4, -0.2) is 23.2 Å². The first-order valence-corrected chi connectivity index (χ1v) is 9.50. The highest BCUT2D eigenvalue weighted by molar-refractivity contribution is 7.92. The maximum absolute atomic E-state index is 12.3. The molecule has 0 fully saturated rings. The molecule has 9 heteroatoms. The minimum Gasteiger partial charge on any atom is -0.246 e. The summed E-state index contributed by atoms with van der Waals surface area (Å²) < 4.78 is 28.5. The Labute approximate surface area is 155 Å². The molecule has 0 spiro atoms. The maximum Gasteiger partial charge on any atom is 0.264 e. The number of aryl methyl sites for hydroxylation is 1. The molecule has 1 N–H and O–H groups in total. The molecular weight excluding hydrogens is 383 g/mol. The molecule has 1 heterocycles. The average molecular weight is 397 g/mol. The molecule has 0 aliphatic rings. The maximum atomic E-state index is 12.3. The summed E-state index contributed by atoms with van der Waals surface area (Å²) in [6, 6.07) is 11.7. The molecule has 0 bridgehead atoms. The van der Waals surface area contributed by atoms with E-state index in [4.69, 9.17) is 23.2 Å². The molecule has 0 saturated carbocycles. The van der Waals surface area contributed by atoms with Crippen LogP contribution in [0, 0.1) is 6.92 Å². The van der Waals surface area contributed by atoms with Gasteiger partial charge in [-0.05, 0) is 36.8 Å². The smallest absolute Gasteiger partial charge is 0.246 e. The van der Waals surface area contributed by atoms with Gasteiger partial charge in [0.05, 0.1) is 21.5 Å². The Morgan fingerprint density at radius 3 is 2.48 bits per heavy atom. The summed E-state index contributed by atoms with van der Waals surface area (Å²) >= 11 is 11.9. The van der Waals surface area contributed by atoms with Crippen LogP contribution in [0.25, 0.3) is 0 Å². The molecule has 1 aromatic heterocycles. The Morgan fingerprint density at radius 2 is 1.80 bits per heavy atom. The highest BCUT2D eigenvalue weighted by atomic mass is 35.5. The van der Waals surface area contributed by atoms with Crippen LogP contribution in [0.4, 0.5) is 5.95 Å². The van der Waals surface area contributed by atoms with Crippen LogP contribution >= 0.6 is 23.2 Å². The number of nitrogens with zero attached hydrogens (tertiary/aromatic N) is 3. The molecule has 0 aliphatic carbocycles. The third-order valence-electron chi connectivity index (χ3n) is 3.42. The van der Waals surface area contributed by atoms with Crippen LogP contribution in [-0.2, 0) is 16.6 Å². The van der Waals surface area contributed by atoms with Crippen molar-refractivity contribution in [2.45, 2.75) is 18.4 Å². The average Bonchev–Trinajstić information content (AvgIpc) is 2.97. The second kappa shape index (κ2) is 7.03. The van der Waals surface area contributed by atoms with Crippen molar-refractivity contribution < 1.29 is 8.42 Å². The molecule has 2 aromatic carbocycles. The van der Waals surface area contributed by atoms with Crippen LogP contribution in [0.1, 0.15) is 11.1 Å².